The molecule has 1 fully saturated rings. The summed E-state index contributed by atoms with van der Waals surface area (Å²) in [5, 5.41) is 6.47. The molecule has 0 spiro atoms. The summed E-state index contributed by atoms with van der Waals surface area (Å²) in [7, 11) is 1.76. The standard InChI is InChI=1S/C31H32ClN3O5/c1-35-26-13-12-24(17-29(36)33-18-21-7-9-22(32)10-8-21)40-28(26)19-39-27-14-11-23(16-25(27)31(35)38)34-30(37)15-20-5-3-2-4-6-20/h2-11,14,16,24,26,28H,12-13,15,17-19H2,1H3,(H,33,36)(H,34,37)/t24-,26-,28-/m0/s1. The summed E-state index contributed by atoms with van der Waals surface area (Å²) in [4.78, 5) is 40.3. The molecule has 2 heterocycles. The van der Waals surface area contributed by atoms with E-state index >= 15 is 0 Å². The molecule has 3 atom stereocenters. The number of anilines is 1. The maximum atomic E-state index is 13.5. The highest BCUT2D eigenvalue weighted by molar-refractivity contribution is 6.30. The van der Waals surface area contributed by atoms with Gasteiger partial charge in [-0.2, -0.15) is 0 Å². The first-order valence-corrected chi connectivity index (χ1v) is 13.8. The van der Waals surface area contributed by atoms with Gasteiger partial charge in [0.2, 0.25) is 11.8 Å². The van der Waals surface area contributed by atoms with Gasteiger partial charge in [-0.3, -0.25) is 14.4 Å². The lowest BCUT2D eigenvalue weighted by atomic mass is 9.94. The van der Waals surface area contributed by atoms with E-state index in [1.54, 1.807) is 42.3 Å². The quantitative estimate of drug-likeness (QED) is 0.439. The summed E-state index contributed by atoms with van der Waals surface area (Å²) >= 11 is 5.92. The van der Waals surface area contributed by atoms with Gasteiger partial charge in [-0.05, 0) is 54.3 Å². The summed E-state index contributed by atoms with van der Waals surface area (Å²) in [6, 6.07) is 21.7. The van der Waals surface area contributed by atoms with Gasteiger partial charge in [0.15, 0.2) is 0 Å². The maximum absolute atomic E-state index is 13.5. The van der Waals surface area contributed by atoms with Gasteiger partial charge in [0.1, 0.15) is 18.5 Å². The van der Waals surface area contributed by atoms with Gasteiger partial charge in [-0.25, -0.2) is 0 Å². The number of hydrogen-bond acceptors (Lipinski definition) is 5. The summed E-state index contributed by atoms with van der Waals surface area (Å²) < 4.78 is 12.3. The van der Waals surface area contributed by atoms with E-state index in [2.05, 4.69) is 10.6 Å². The minimum Gasteiger partial charge on any atom is -0.490 e. The number of hydrogen-bond donors (Lipinski definition) is 2. The van der Waals surface area contributed by atoms with Crippen LogP contribution in [0.3, 0.4) is 0 Å². The zero-order valence-corrected chi connectivity index (χ0v) is 23.0. The van der Waals surface area contributed by atoms with Crippen LogP contribution in [0.15, 0.2) is 72.8 Å². The molecule has 3 aromatic rings. The minimum absolute atomic E-state index is 0.0956. The lowest BCUT2D eigenvalue weighted by Gasteiger charge is -2.42. The van der Waals surface area contributed by atoms with Gasteiger partial charge in [0.05, 0.1) is 30.6 Å². The third-order valence-electron chi connectivity index (χ3n) is 7.32. The van der Waals surface area contributed by atoms with Gasteiger partial charge in [0, 0.05) is 24.3 Å². The van der Waals surface area contributed by atoms with Crippen LogP contribution in [0.5, 0.6) is 5.75 Å². The molecule has 3 aromatic carbocycles. The zero-order chi connectivity index (χ0) is 28.1. The van der Waals surface area contributed by atoms with E-state index in [1.165, 1.54) is 0 Å². The number of halogens is 1. The van der Waals surface area contributed by atoms with E-state index in [9.17, 15) is 14.4 Å². The molecule has 2 N–H and O–H groups in total. The molecule has 8 nitrogen and oxygen atoms in total. The van der Waals surface area contributed by atoms with Crippen LogP contribution in [-0.2, 0) is 27.3 Å². The number of carbonyl (C=O) groups excluding carboxylic acids is 3. The summed E-state index contributed by atoms with van der Waals surface area (Å²) in [5.41, 5.74) is 2.80. The first kappa shape index (κ1) is 27.7. The molecule has 2 aliphatic rings. The van der Waals surface area contributed by atoms with E-state index < -0.39 is 0 Å². The van der Waals surface area contributed by atoms with Crippen LogP contribution in [0.4, 0.5) is 5.69 Å². The first-order valence-electron chi connectivity index (χ1n) is 13.4. The Balaban J connectivity index is 1.19. The molecule has 9 heteroatoms. The topological polar surface area (TPSA) is 97.0 Å². The Bertz CT molecular complexity index is 1370. The molecule has 0 radical (unpaired) electrons. The molecular weight excluding hydrogens is 530 g/mol. The van der Waals surface area contributed by atoms with Gasteiger partial charge >= 0.3 is 0 Å². The number of likely N-dealkylation sites (N-methyl/N-ethyl adjacent to an activating group) is 1. The van der Waals surface area contributed by atoms with Crippen molar-refractivity contribution >= 4 is 35.0 Å². The van der Waals surface area contributed by atoms with Crippen LogP contribution in [0.2, 0.25) is 5.02 Å². The van der Waals surface area contributed by atoms with Crippen molar-refractivity contribution in [3.05, 3.63) is 94.5 Å². The van der Waals surface area contributed by atoms with E-state index in [-0.39, 0.29) is 55.4 Å². The second kappa shape index (κ2) is 12.5. The summed E-state index contributed by atoms with van der Waals surface area (Å²) in [6.45, 7) is 0.665. The van der Waals surface area contributed by atoms with Crippen molar-refractivity contribution in [2.75, 3.05) is 19.0 Å². The highest BCUT2D eigenvalue weighted by Gasteiger charge is 2.39. The van der Waals surface area contributed by atoms with Crippen molar-refractivity contribution in [1.82, 2.24) is 10.2 Å². The Morgan fingerprint density at radius 1 is 0.975 bits per heavy atom. The molecule has 0 aliphatic carbocycles. The average molecular weight is 562 g/mol. The third kappa shape index (κ3) is 6.81. The van der Waals surface area contributed by atoms with E-state index in [0.29, 0.717) is 41.4 Å². The second-order valence-corrected chi connectivity index (χ2v) is 10.6. The SMILES string of the molecule is CN1C(=O)c2cc(NC(=O)Cc3ccccc3)ccc2OC[C@@H]2O[C@H](CC(=O)NCc3ccc(Cl)cc3)CC[C@@H]21. The van der Waals surface area contributed by atoms with Crippen LogP contribution in [-0.4, -0.2) is 54.5 Å². The highest BCUT2D eigenvalue weighted by atomic mass is 35.5. The van der Waals surface area contributed by atoms with E-state index in [0.717, 1.165) is 11.1 Å². The molecule has 2 aliphatic heterocycles. The smallest absolute Gasteiger partial charge is 0.257 e. The summed E-state index contributed by atoms with van der Waals surface area (Å²) in [6.07, 6.45) is 1.18. The average Bonchev–Trinajstić information content (AvgIpc) is 2.95. The Morgan fingerprint density at radius 2 is 1.75 bits per heavy atom. The molecule has 0 unspecified atom stereocenters. The first-order chi connectivity index (χ1) is 19.4. The third-order valence-corrected chi connectivity index (χ3v) is 7.57. The normalized spacial score (nSPS) is 20.3. The molecule has 0 saturated carbocycles. The van der Waals surface area contributed by atoms with Crippen molar-refractivity contribution in [1.29, 1.82) is 0 Å². The van der Waals surface area contributed by atoms with Gasteiger partial charge in [-0.1, -0.05) is 54.1 Å². The number of ether oxygens (including phenoxy) is 2. The number of nitrogens with zero attached hydrogens (tertiary/aromatic N) is 1. The fourth-order valence-electron chi connectivity index (χ4n) is 5.17. The van der Waals surface area contributed by atoms with Crippen LogP contribution >= 0.6 is 11.6 Å². The highest BCUT2D eigenvalue weighted by Crippen LogP contribution is 2.32. The second-order valence-electron chi connectivity index (χ2n) is 10.2. The van der Waals surface area contributed by atoms with E-state index in [4.69, 9.17) is 21.1 Å². The van der Waals surface area contributed by atoms with Gasteiger partial charge < -0.3 is 25.0 Å². The van der Waals surface area contributed by atoms with Gasteiger partial charge in [-0.15, -0.1) is 0 Å². The molecular formula is C31H32ClN3O5. The number of carbonyl (C=O) groups is 3. The van der Waals surface area contributed by atoms with Crippen LogP contribution < -0.4 is 15.4 Å². The molecule has 5 rings (SSSR count). The predicted molar refractivity (Wildman–Crippen MR) is 152 cm³/mol. The van der Waals surface area contributed by atoms with E-state index in [1.807, 2.05) is 42.5 Å². The number of benzene rings is 3. The molecule has 3 amide bonds. The Morgan fingerprint density at radius 3 is 2.52 bits per heavy atom. The number of fused-ring (bicyclic) bond motifs is 2. The Kier molecular flexibility index (Phi) is 8.67. The maximum Gasteiger partial charge on any atom is 0.257 e. The molecule has 208 valence electrons. The molecule has 0 aromatic heterocycles. The zero-order valence-electron chi connectivity index (χ0n) is 22.3. The number of rotatable bonds is 7. The summed E-state index contributed by atoms with van der Waals surface area (Å²) in [5.74, 6) is -0.0288. The Labute approximate surface area is 238 Å². The molecule has 0 bridgehead atoms. The van der Waals surface area contributed by atoms with Crippen molar-refractivity contribution in [3.8, 4) is 5.75 Å². The lowest BCUT2D eigenvalue weighted by molar-refractivity contribution is -0.134. The fraction of sp³-hybridized carbons (Fsp3) is 0.323. The largest absolute Gasteiger partial charge is 0.490 e. The lowest BCUT2D eigenvalue weighted by Crippen LogP contribution is -2.53. The molecule has 40 heavy (non-hydrogen) atoms. The predicted octanol–water partition coefficient (Wildman–Crippen LogP) is 4.61. The Hall–Kier alpha value is -3.88. The van der Waals surface area contributed by atoms with Crippen molar-refractivity contribution in [3.63, 3.8) is 0 Å². The van der Waals surface area contributed by atoms with Crippen molar-refractivity contribution in [2.45, 2.75) is 50.5 Å². The van der Waals surface area contributed by atoms with Crippen molar-refractivity contribution in [2.24, 2.45) is 0 Å². The van der Waals surface area contributed by atoms with Crippen LogP contribution in [0.1, 0.15) is 40.7 Å². The van der Waals surface area contributed by atoms with Crippen LogP contribution in [0, 0.1) is 0 Å². The van der Waals surface area contributed by atoms with Gasteiger partial charge in [0.25, 0.3) is 5.91 Å². The monoisotopic (exact) mass is 561 g/mol. The molecule has 1 saturated heterocycles. The number of amides is 3. The van der Waals surface area contributed by atoms with Crippen molar-refractivity contribution < 1.29 is 23.9 Å². The fourth-order valence-corrected chi connectivity index (χ4v) is 5.30. The van der Waals surface area contributed by atoms with Crippen LogP contribution in [0.25, 0.3) is 0 Å². The number of nitrogens with one attached hydrogen (secondary N) is 2. The minimum atomic E-state index is -0.366.